The normalized spacial score (nSPS) is 14.5. The molecule has 90 valence electrons. The molecule has 0 saturated heterocycles. The van der Waals surface area contributed by atoms with Crippen LogP contribution in [0.25, 0.3) is 0 Å². The van der Waals surface area contributed by atoms with Gasteiger partial charge in [0.05, 0.1) is 7.11 Å². The Bertz CT molecular complexity index is 317. The minimum absolute atomic E-state index is 0.449. The second-order valence-corrected chi connectivity index (χ2v) is 4.04. The van der Waals surface area contributed by atoms with E-state index in [9.17, 15) is 0 Å². The summed E-state index contributed by atoms with van der Waals surface area (Å²) in [5.41, 5.74) is 1.02. The lowest BCUT2D eigenvalue weighted by Gasteiger charge is -2.22. The van der Waals surface area contributed by atoms with Gasteiger partial charge in [0.2, 0.25) is 5.88 Å². The Hall–Kier alpha value is -1.16. The van der Waals surface area contributed by atoms with Crippen molar-refractivity contribution < 1.29 is 4.74 Å². The number of hydrogen-bond donors (Lipinski definition) is 1. The van der Waals surface area contributed by atoms with Crippen LogP contribution in [0, 0.1) is 5.92 Å². The molecule has 0 aliphatic carbocycles. The molecular formula is C12H21N3O. The summed E-state index contributed by atoms with van der Waals surface area (Å²) in [6.07, 6.45) is 3.62. The Kier molecular flexibility index (Phi) is 5.19. The lowest BCUT2D eigenvalue weighted by Crippen LogP contribution is -2.34. The minimum atomic E-state index is 0.449. The highest BCUT2D eigenvalue weighted by molar-refractivity contribution is 5.14. The van der Waals surface area contributed by atoms with Gasteiger partial charge in [-0.2, -0.15) is 0 Å². The fourth-order valence-electron chi connectivity index (χ4n) is 1.70. The van der Waals surface area contributed by atoms with Crippen molar-refractivity contribution in [3.63, 3.8) is 0 Å². The molecule has 4 nitrogen and oxygen atoms in total. The molecule has 1 aromatic heterocycles. The number of nitrogens with one attached hydrogen (secondary N) is 1. The summed E-state index contributed by atoms with van der Waals surface area (Å²) in [4.78, 5) is 8.26. The molecule has 1 heterocycles. The van der Waals surface area contributed by atoms with Crippen molar-refractivity contribution in [3.8, 4) is 5.88 Å². The average molecular weight is 223 g/mol. The van der Waals surface area contributed by atoms with Crippen LogP contribution in [0.5, 0.6) is 5.88 Å². The zero-order chi connectivity index (χ0) is 12.0. The maximum absolute atomic E-state index is 5.09. The van der Waals surface area contributed by atoms with Gasteiger partial charge in [0.15, 0.2) is 0 Å². The summed E-state index contributed by atoms with van der Waals surface area (Å²) in [5.74, 6) is 1.26. The molecule has 1 rings (SSSR count). The Labute approximate surface area is 97.5 Å². The van der Waals surface area contributed by atoms with Crippen molar-refractivity contribution >= 4 is 0 Å². The highest BCUT2D eigenvalue weighted by Gasteiger charge is 2.15. The molecule has 4 heteroatoms. The zero-order valence-electron chi connectivity index (χ0n) is 10.5. The highest BCUT2D eigenvalue weighted by Crippen LogP contribution is 2.14. The summed E-state index contributed by atoms with van der Waals surface area (Å²) < 4.78 is 5.09. The zero-order valence-corrected chi connectivity index (χ0v) is 10.5. The second-order valence-electron chi connectivity index (χ2n) is 4.04. The van der Waals surface area contributed by atoms with Gasteiger partial charge in [0, 0.05) is 24.2 Å². The summed E-state index contributed by atoms with van der Waals surface area (Å²) >= 11 is 0. The van der Waals surface area contributed by atoms with Crippen molar-refractivity contribution in [1.29, 1.82) is 0 Å². The number of aromatic nitrogens is 2. The molecular weight excluding hydrogens is 202 g/mol. The van der Waals surface area contributed by atoms with Crippen molar-refractivity contribution in [2.45, 2.75) is 32.7 Å². The average Bonchev–Trinajstić information content (AvgIpc) is 2.35. The molecule has 0 aromatic carbocycles. The summed E-state index contributed by atoms with van der Waals surface area (Å²) in [7, 11) is 3.62. The Balaban J connectivity index is 2.69. The number of rotatable bonds is 6. The van der Waals surface area contributed by atoms with Crippen LogP contribution in [0.3, 0.4) is 0 Å². The molecule has 0 amide bonds. The van der Waals surface area contributed by atoms with Crippen molar-refractivity contribution in [3.05, 3.63) is 18.1 Å². The highest BCUT2D eigenvalue weighted by atomic mass is 16.5. The van der Waals surface area contributed by atoms with Gasteiger partial charge < -0.3 is 10.1 Å². The Morgan fingerprint density at radius 1 is 1.44 bits per heavy atom. The van der Waals surface area contributed by atoms with Crippen molar-refractivity contribution in [2.75, 3.05) is 14.2 Å². The monoisotopic (exact) mass is 223 g/mol. The van der Waals surface area contributed by atoms with Crippen molar-refractivity contribution in [2.24, 2.45) is 5.92 Å². The third-order valence-electron chi connectivity index (χ3n) is 3.04. The van der Waals surface area contributed by atoms with Crippen LogP contribution in [0.1, 0.15) is 26.0 Å². The largest absolute Gasteiger partial charge is 0.481 e. The summed E-state index contributed by atoms with van der Waals surface area (Å²) in [6, 6.07) is 2.34. The topological polar surface area (TPSA) is 47.0 Å². The van der Waals surface area contributed by atoms with Crippen LogP contribution in [0.4, 0.5) is 0 Å². The van der Waals surface area contributed by atoms with Gasteiger partial charge in [0.25, 0.3) is 0 Å². The van der Waals surface area contributed by atoms with Gasteiger partial charge in [-0.15, -0.1) is 0 Å². The van der Waals surface area contributed by atoms with E-state index in [-0.39, 0.29) is 0 Å². The molecule has 0 spiro atoms. The maximum Gasteiger partial charge on any atom is 0.216 e. The second kappa shape index (κ2) is 6.43. The third kappa shape index (κ3) is 3.45. The number of methoxy groups -OCH3 is 1. The van der Waals surface area contributed by atoms with Crippen LogP contribution < -0.4 is 10.1 Å². The van der Waals surface area contributed by atoms with E-state index in [1.165, 1.54) is 0 Å². The molecule has 0 aliphatic heterocycles. The Morgan fingerprint density at radius 3 is 2.75 bits per heavy atom. The van der Waals surface area contributed by atoms with E-state index in [0.717, 1.165) is 18.5 Å². The smallest absolute Gasteiger partial charge is 0.216 e. The quantitative estimate of drug-likeness (QED) is 0.796. The number of ether oxygens (including phenoxy) is 1. The van der Waals surface area contributed by atoms with E-state index in [2.05, 4.69) is 29.1 Å². The molecule has 0 saturated carbocycles. The summed E-state index contributed by atoms with van der Waals surface area (Å²) in [5, 5.41) is 3.34. The fraction of sp³-hybridized carbons (Fsp3) is 0.667. The maximum atomic E-state index is 5.09. The SMILES string of the molecule is CCC(C)C(Cc1cc(OC)ncn1)NC. The molecule has 0 radical (unpaired) electrons. The first-order valence-corrected chi connectivity index (χ1v) is 5.73. The van der Waals surface area contributed by atoms with Gasteiger partial charge in [-0.25, -0.2) is 9.97 Å². The fourth-order valence-corrected chi connectivity index (χ4v) is 1.70. The number of likely N-dealkylation sites (N-methyl/N-ethyl adjacent to an activating group) is 1. The van der Waals surface area contributed by atoms with Crippen LogP contribution in [-0.2, 0) is 6.42 Å². The van der Waals surface area contributed by atoms with E-state index in [1.54, 1.807) is 13.4 Å². The lowest BCUT2D eigenvalue weighted by molar-refractivity contribution is 0.378. The number of nitrogens with zero attached hydrogens (tertiary/aromatic N) is 2. The first-order valence-electron chi connectivity index (χ1n) is 5.73. The Morgan fingerprint density at radius 2 is 2.19 bits per heavy atom. The van der Waals surface area contributed by atoms with Gasteiger partial charge in [-0.05, 0) is 13.0 Å². The first kappa shape index (κ1) is 12.9. The van der Waals surface area contributed by atoms with E-state index < -0.39 is 0 Å². The molecule has 2 atom stereocenters. The molecule has 1 N–H and O–H groups in total. The molecule has 0 bridgehead atoms. The van der Waals surface area contributed by atoms with Crippen LogP contribution in [-0.4, -0.2) is 30.2 Å². The van der Waals surface area contributed by atoms with Crippen LogP contribution in [0.2, 0.25) is 0 Å². The molecule has 2 unspecified atom stereocenters. The van der Waals surface area contributed by atoms with Crippen molar-refractivity contribution in [1.82, 2.24) is 15.3 Å². The first-order chi connectivity index (χ1) is 7.71. The van der Waals surface area contributed by atoms with E-state index >= 15 is 0 Å². The third-order valence-corrected chi connectivity index (χ3v) is 3.04. The van der Waals surface area contributed by atoms with E-state index in [1.807, 2.05) is 13.1 Å². The predicted octanol–water partition coefficient (Wildman–Crippen LogP) is 1.66. The van der Waals surface area contributed by atoms with Crippen LogP contribution in [0.15, 0.2) is 12.4 Å². The van der Waals surface area contributed by atoms with E-state index in [0.29, 0.717) is 17.8 Å². The number of hydrogen-bond acceptors (Lipinski definition) is 4. The van der Waals surface area contributed by atoms with Gasteiger partial charge in [0.1, 0.15) is 6.33 Å². The van der Waals surface area contributed by atoms with Gasteiger partial charge in [-0.3, -0.25) is 0 Å². The molecule has 16 heavy (non-hydrogen) atoms. The minimum Gasteiger partial charge on any atom is -0.481 e. The molecule has 0 fully saturated rings. The lowest BCUT2D eigenvalue weighted by atomic mass is 9.95. The van der Waals surface area contributed by atoms with Gasteiger partial charge in [-0.1, -0.05) is 20.3 Å². The standard InChI is InChI=1S/C12H21N3O/c1-5-9(2)11(13-3)6-10-7-12(16-4)15-8-14-10/h7-9,11,13H,5-6H2,1-4H3. The van der Waals surface area contributed by atoms with Crippen LogP contribution >= 0.6 is 0 Å². The molecule has 1 aromatic rings. The predicted molar refractivity (Wildman–Crippen MR) is 64.6 cm³/mol. The molecule has 0 aliphatic rings. The summed E-state index contributed by atoms with van der Waals surface area (Å²) in [6.45, 7) is 4.45. The van der Waals surface area contributed by atoms with E-state index in [4.69, 9.17) is 4.74 Å². The van der Waals surface area contributed by atoms with Gasteiger partial charge >= 0.3 is 0 Å².